The van der Waals surface area contributed by atoms with Crippen molar-refractivity contribution >= 4 is 11.8 Å². The van der Waals surface area contributed by atoms with E-state index in [9.17, 15) is 9.59 Å². The summed E-state index contributed by atoms with van der Waals surface area (Å²) in [6, 6.07) is 21.1. The fraction of sp³-hybridized carbons (Fsp3) is 0.296. The monoisotopic (exact) mass is 425 g/mol. The van der Waals surface area contributed by atoms with Crippen molar-refractivity contribution in [3.05, 3.63) is 101 Å². The van der Waals surface area contributed by atoms with Crippen LogP contribution in [0, 0.1) is 0 Å². The highest BCUT2D eigenvalue weighted by atomic mass is 16.2. The second kappa shape index (κ2) is 8.95. The molecule has 2 atom stereocenters. The van der Waals surface area contributed by atoms with E-state index in [-0.39, 0.29) is 17.9 Å². The van der Waals surface area contributed by atoms with Gasteiger partial charge in [0.25, 0.3) is 5.91 Å². The van der Waals surface area contributed by atoms with Crippen molar-refractivity contribution in [1.29, 1.82) is 0 Å². The number of hydrogen-bond acceptors (Lipinski definition) is 3. The summed E-state index contributed by atoms with van der Waals surface area (Å²) in [6.07, 6.45) is 7.12. The SMILES string of the molecule is O=C([C@H](Cc1ccccc1)N1Cc2ccccc2C1=O)N1CCCC[C@@H]1c1cccnc1. The van der Waals surface area contributed by atoms with E-state index in [1.165, 1.54) is 0 Å². The number of hydrogen-bond donors (Lipinski definition) is 0. The summed E-state index contributed by atoms with van der Waals surface area (Å²) in [5, 5.41) is 0. The Balaban J connectivity index is 1.48. The molecule has 3 heterocycles. The van der Waals surface area contributed by atoms with Crippen molar-refractivity contribution in [2.24, 2.45) is 0 Å². The zero-order valence-corrected chi connectivity index (χ0v) is 18.1. The zero-order valence-electron chi connectivity index (χ0n) is 18.1. The van der Waals surface area contributed by atoms with Crippen LogP contribution in [0.4, 0.5) is 0 Å². The van der Waals surface area contributed by atoms with Crippen LogP contribution < -0.4 is 0 Å². The molecule has 3 aromatic rings. The minimum absolute atomic E-state index is 0.00306. The van der Waals surface area contributed by atoms with E-state index in [0.717, 1.165) is 36.0 Å². The van der Waals surface area contributed by atoms with Crippen LogP contribution in [0.25, 0.3) is 0 Å². The first-order valence-corrected chi connectivity index (χ1v) is 11.4. The van der Waals surface area contributed by atoms with Gasteiger partial charge in [-0.3, -0.25) is 14.6 Å². The van der Waals surface area contributed by atoms with Crippen LogP contribution in [0.2, 0.25) is 0 Å². The molecule has 5 rings (SSSR count). The highest BCUT2D eigenvalue weighted by Crippen LogP contribution is 2.33. The number of fused-ring (bicyclic) bond motifs is 1. The predicted octanol–water partition coefficient (Wildman–Crippen LogP) is 4.40. The minimum Gasteiger partial charge on any atom is -0.334 e. The topological polar surface area (TPSA) is 53.5 Å². The molecular formula is C27H27N3O2. The van der Waals surface area contributed by atoms with Gasteiger partial charge in [-0.25, -0.2) is 0 Å². The van der Waals surface area contributed by atoms with Gasteiger partial charge in [0.2, 0.25) is 5.91 Å². The number of benzene rings is 2. The quantitative estimate of drug-likeness (QED) is 0.609. The number of rotatable bonds is 5. The largest absolute Gasteiger partial charge is 0.334 e. The molecule has 162 valence electrons. The van der Waals surface area contributed by atoms with Gasteiger partial charge in [-0.05, 0) is 48.1 Å². The van der Waals surface area contributed by atoms with Crippen molar-refractivity contribution in [3.8, 4) is 0 Å². The van der Waals surface area contributed by atoms with Crippen molar-refractivity contribution in [2.45, 2.75) is 44.3 Å². The molecule has 2 aliphatic heterocycles. The average Bonchev–Trinajstić information content (AvgIpc) is 3.19. The maximum absolute atomic E-state index is 14.1. The van der Waals surface area contributed by atoms with E-state index < -0.39 is 6.04 Å². The van der Waals surface area contributed by atoms with Crippen LogP contribution in [0.1, 0.15) is 52.4 Å². The van der Waals surface area contributed by atoms with Crippen molar-refractivity contribution in [2.75, 3.05) is 6.54 Å². The molecule has 0 N–H and O–H groups in total. The molecule has 1 aromatic heterocycles. The number of carbonyl (C=O) groups excluding carboxylic acids is 2. The van der Waals surface area contributed by atoms with Crippen molar-refractivity contribution in [1.82, 2.24) is 14.8 Å². The normalized spacial score (nSPS) is 19.0. The van der Waals surface area contributed by atoms with Gasteiger partial charge in [0.15, 0.2) is 0 Å². The molecule has 0 aliphatic carbocycles. The van der Waals surface area contributed by atoms with E-state index in [4.69, 9.17) is 0 Å². The molecular weight excluding hydrogens is 398 g/mol. The molecule has 1 saturated heterocycles. The Morgan fingerprint density at radius 2 is 1.81 bits per heavy atom. The Morgan fingerprint density at radius 1 is 1.00 bits per heavy atom. The molecule has 0 spiro atoms. The van der Waals surface area contributed by atoms with Gasteiger partial charge < -0.3 is 9.80 Å². The Kier molecular flexibility index (Phi) is 5.71. The summed E-state index contributed by atoms with van der Waals surface area (Å²) in [7, 11) is 0. The zero-order chi connectivity index (χ0) is 21.9. The molecule has 2 aromatic carbocycles. The van der Waals surface area contributed by atoms with E-state index in [1.807, 2.05) is 77.8 Å². The molecule has 0 bridgehead atoms. The Morgan fingerprint density at radius 3 is 2.59 bits per heavy atom. The first kappa shape index (κ1) is 20.4. The first-order valence-electron chi connectivity index (χ1n) is 11.4. The molecule has 0 radical (unpaired) electrons. The number of nitrogens with zero attached hydrogens (tertiary/aromatic N) is 3. The molecule has 5 nitrogen and oxygen atoms in total. The molecule has 2 aliphatic rings. The van der Waals surface area contributed by atoms with Gasteiger partial charge in [0, 0.05) is 37.5 Å². The standard InChI is InChI=1S/C27H27N3O2/c31-26-23-13-5-4-11-22(23)19-30(26)25(17-20-9-2-1-3-10-20)27(32)29-16-7-6-14-24(29)21-12-8-15-28-18-21/h1-5,8-13,15,18,24-25H,6-7,14,16-17,19H2/t24-,25+/m1/s1. The maximum Gasteiger partial charge on any atom is 0.255 e. The summed E-state index contributed by atoms with van der Waals surface area (Å²) in [6.45, 7) is 1.18. The highest BCUT2D eigenvalue weighted by Gasteiger charge is 2.40. The Bertz CT molecular complexity index is 1100. The van der Waals surface area contributed by atoms with Gasteiger partial charge in [-0.1, -0.05) is 54.6 Å². The van der Waals surface area contributed by atoms with Crippen LogP contribution in [0.15, 0.2) is 79.1 Å². The lowest BCUT2D eigenvalue weighted by Crippen LogP contribution is -2.52. The second-order valence-electron chi connectivity index (χ2n) is 8.63. The van der Waals surface area contributed by atoms with E-state index in [0.29, 0.717) is 25.1 Å². The Labute approximate surface area is 188 Å². The summed E-state index contributed by atoms with van der Waals surface area (Å²) in [5.41, 5.74) is 3.83. The number of pyridine rings is 1. The van der Waals surface area contributed by atoms with Crippen LogP contribution in [0.3, 0.4) is 0 Å². The molecule has 1 fully saturated rings. The van der Waals surface area contributed by atoms with Gasteiger partial charge in [-0.15, -0.1) is 0 Å². The number of aromatic nitrogens is 1. The van der Waals surface area contributed by atoms with E-state index >= 15 is 0 Å². The van der Waals surface area contributed by atoms with Crippen LogP contribution in [-0.2, 0) is 17.8 Å². The molecule has 2 amide bonds. The van der Waals surface area contributed by atoms with Crippen LogP contribution >= 0.6 is 0 Å². The van der Waals surface area contributed by atoms with Gasteiger partial charge in [0.1, 0.15) is 6.04 Å². The van der Waals surface area contributed by atoms with Crippen molar-refractivity contribution in [3.63, 3.8) is 0 Å². The van der Waals surface area contributed by atoms with Crippen LogP contribution in [0.5, 0.6) is 0 Å². The second-order valence-corrected chi connectivity index (χ2v) is 8.63. The number of likely N-dealkylation sites (tertiary alicyclic amines) is 1. The lowest BCUT2D eigenvalue weighted by atomic mass is 9.94. The molecule has 0 saturated carbocycles. The highest BCUT2D eigenvalue weighted by molar-refractivity contribution is 6.01. The fourth-order valence-electron chi connectivity index (χ4n) is 5.00. The average molecular weight is 426 g/mol. The maximum atomic E-state index is 14.1. The molecule has 5 heteroatoms. The summed E-state index contributed by atoms with van der Waals surface area (Å²) in [5.74, 6) is -0.0200. The third-order valence-electron chi connectivity index (χ3n) is 6.64. The Hall–Kier alpha value is -3.47. The third-order valence-corrected chi connectivity index (χ3v) is 6.64. The number of carbonyl (C=O) groups is 2. The molecule has 0 unspecified atom stereocenters. The smallest absolute Gasteiger partial charge is 0.255 e. The molecule has 32 heavy (non-hydrogen) atoms. The summed E-state index contributed by atoms with van der Waals surface area (Å²) in [4.78, 5) is 35.4. The first-order chi connectivity index (χ1) is 15.7. The van der Waals surface area contributed by atoms with Gasteiger partial charge in [0.05, 0.1) is 6.04 Å². The van der Waals surface area contributed by atoms with Crippen LogP contribution in [-0.4, -0.2) is 39.2 Å². The lowest BCUT2D eigenvalue weighted by molar-refractivity contribution is -0.140. The minimum atomic E-state index is -0.533. The fourth-order valence-corrected chi connectivity index (χ4v) is 5.00. The van der Waals surface area contributed by atoms with Crippen molar-refractivity contribution < 1.29 is 9.59 Å². The van der Waals surface area contributed by atoms with E-state index in [1.54, 1.807) is 11.1 Å². The van der Waals surface area contributed by atoms with E-state index in [2.05, 4.69) is 4.98 Å². The number of amides is 2. The van der Waals surface area contributed by atoms with Gasteiger partial charge in [-0.2, -0.15) is 0 Å². The predicted molar refractivity (Wildman–Crippen MR) is 123 cm³/mol. The third kappa shape index (κ3) is 3.91. The summed E-state index contributed by atoms with van der Waals surface area (Å²) >= 11 is 0. The number of piperidine rings is 1. The summed E-state index contributed by atoms with van der Waals surface area (Å²) < 4.78 is 0. The van der Waals surface area contributed by atoms with Gasteiger partial charge >= 0.3 is 0 Å². The lowest BCUT2D eigenvalue weighted by Gasteiger charge is -2.40.